The zero-order valence-electron chi connectivity index (χ0n) is 17.5. The van der Waals surface area contributed by atoms with Crippen LogP contribution in [0.1, 0.15) is 65.7 Å². The van der Waals surface area contributed by atoms with Gasteiger partial charge >= 0.3 is 5.97 Å². The van der Waals surface area contributed by atoms with Gasteiger partial charge in [0.2, 0.25) is 5.78 Å². The Labute approximate surface area is 171 Å². The molecule has 0 aromatic rings. The highest BCUT2D eigenvalue weighted by Crippen LogP contribution is 2.66. The minimum absolute atomic E-state index is 0.0625. The van der Waals surface area contributed by atoms with Gasteiger partial charge in [-0.25, -0.2) is 0 Å². The number of carbonyl (C=O) groups excluding carboxylic acids is 4. The lowest BCUT2D eigenvalue weighted by Gasteiger charge is -2.57. The summed E-state index contributed by atoms with van der Waals surface area (Å²) in [6.45, 7) is 4.76. The number of Topliss-reactive ketones (excluding diaryl/α,β-unsaturated/α-hetero) is 2. The number of allylic oxidation sites excluding steroid dienone is 1. The molecule has 0 amide bonds. The molecule has 6 nitrogen and oxygen atoms in total. The molecule has 1 unspecified atom stereocenters. The van der Waals surface area contributed by atoms with E-state index in [1.165, 1.54) is 6.92 Å². The fourth-order valence-corrected chi connectivity index (χ4v) is 7.13. The standard InChI is InChI=1S/C23H30O6/c1-13(24)29-12-19(27)23(28)9-7-17-16-5-4-14-10-15(25)6-8-21(14,2)20(16)18(26)11-22(17,23)3/h10,16-17,20,28H,4-9,11-12H2,1-3H3/t16-,17-,20+,21-,22-,23?/m0/s1. The van der Waals surface area contributed by atoms with E-state index in [0.29, 0.717) is 25.7 Å². The van der Waals surface area contributed by atoms with Gasteiger partial charge in [-0.15, -0.1) is 0 Å². The molecular formula is C23H30O6. The number of ketones is 3. The second-order valence-corrected chi connectivity index (χ2v) is 10.0. The van der Waals surface area contributed by atoms with Crippen molar-refractivity contribution in [2.24, 2.45) is 28.6 Å². The third-order valence-corrected chi connectivity index (χ3v) is 8.67. The van der Waals surface area contributed by atoms with Crippen LogP contribution < -0.4 is 0 Å². The number of carbonyl (C=O) groups is 4. The number of aliphatic hydroxyl groups is 1. The van der Waals surface area contributed by atoms with Crippen molar-refractivity contribution < 1.29 is 29.0 Å². The van der Waals surface area contributed by atoms with Crippen LogP contribution in [-0.4, -0.2) is 40.6 Å². The maximum atomic E-state index is 13.5. The lowest BCUT2D eigenvalue weighted by molar-refractivity contribution is -0.173. The van der Waals surface area contributed by atoms with Gasteiger partial charge in [-0.2, -0.15) is 0 Å². The van der Waals surface area contributed by atoms with Crippen LogP contribution >= 0.6 is 0 Å². The first-order chi connectivity index (χ1) is 13.5. The van der Waals surface area contributed by atoms with E-state index in [-0.39, 0.29) is 41.2 Å². The van der Waals surface area contributed by atoms with Crippen LogP contribution in [0.5, 0.6) is 0 Å². The Balaban J connectivity index is 1.66. The second kappa shape index (κ2) is 6.59. The SMILES string of the molecule is CC(=O)OCC(=O)C1(O)CC[C@H]2[C@@H]3CCC4=CC(=O)CC[C@]4(C)[C@H]3C(=O)C[C@@]21C. The first kappa shape index (κ1) is 20.5. The number of esters is 1. The first-order valence-electron chi connectivity index (χ1n) is 10.7. The molecule has 4 aliphatic carbocycles. The van der Waals surface area contributed by atoms with Crippen molar-refractivity contribution in [2.45, 2.75) is 71.3 Å². The Bertz CT molecular complexity index is 827. The van der Waals surface area contributed by atoms with Gasteiger partial charge in [0.05, 0.1) is 0 Å². The molecule has 29 heavy (non-hydrogen) atoms. The number of hydrogen-bond donors (Lipinski definition) is 1. The molecule has 158 valence electrons. The average molecular weight is 402 g/mol. The van der Waals surface area contributed by atoms with Crippen molar-refractivity contribution in [1.82, 2.24) is 0 Å². The fourth-order valence-electron chi connectivity index (χ4n) is 7.13. The van der Waals surface area contributed by atoms with Crippen molar-refractivity contribution in [3.63, 3.8) is 0 Å². The van der Waals surface area contributed by atoms with Gasteiger partial charge in [-0.1, -0.05) is 19.4 Å². The van der Waals surface area contributed by atoms with Crippen LogP contribution in [0.3, 0.4) is 0 Å². The van der Waals surface area contributed by atoms with Gasteiger partial charge in [0.25, 0.3) is 0 Å². The summed E-state index contributed by atoms with van der Waals surface area (Å²) in [4.78, 5) is 49.4. The molecule has 0 aliphatic heterocycles. The Morgan fingerprint density at radius 1 is 1.17 bits per heavy atom. The highest BCUT2D eigenvalue weighted by atomic mass is 16.5. The summed E-state index contributed by atoms with van der Waals surface area (Å²) in [5, 5.41) is 11.4. The molecule has 0 bridgehead atoms. The first-order valence-corrected chi connectivity index (χ1v) is 10.7. The molecule has 3 fully saturated rings. The zero-order valence-corrected chi connectivity index (χ0v) is 17.5. The molecule has 4 rings (SSSR count). The highest BCUT2D eigenvalue weighted by Gasteiger charge is 2.68. The van der Waals surface area contributed by atoms with Gasteiger partial charge in [-0.3, -0.25) is 19.2 Å². The molecule has 0 heterocycles. The van der Waals surface area contributed by atoms with Crippen LogP contribution in [-0.2, 0) is 23.9 Å². The van der Waals surface area contributed by atoms with Crippen LogP contribution in [0.4, 0.5) is 0 Å². The summed E-state index contributed by atoms with van der Waals surface area (Å²) in [7, 11) is 0. The second-order valence-electron chi connectivity index (χ2n) is 10.0. The van der Waals surface area contributed by atoms with Crippen molar-refractivity contribution in [1.29, 1.82) is 0 Å². The zero-order chi connectivity index (χ0) is 21.2. The predicted octanol–water partition coefficient (Wildman–Crippen LogP) is 2.56. The Hall–Kier alpha value is -1.82. The molecule has 0 saturated heterocycles. The van der Waals surface area contributed by atoms with Gasteiger partial charge in [0.15, 0.2) is 12.4 Å². The van der Waals surface area contributed by atoms with E-state index in [1.807, 2.05) is 6.92 Å². The van der Waals surface area contributed by atoms with Gasteiger partial charge in [-0.05, 0) is 55.4 Å². The predicted molar refractivity (Wildman–Crippen MR) is 104 cm³/mol. The number of hydrogen-bond acceptors (Lipinski definition) is 6. The van der Waals surface area contributed by atoms with Gasteiger partial charge in [0, 0.05) is 31.1 Å². The summed E-state index contributed by atoms with van der Waals surface area (Å²) in [6.07, 6.45) is 5.66. The van der Waals surface area contributed by atoms with Crippen LogP contribution in [0.25, 0.3) is 0 Å². The molecule has 0 aromatic heterocycles. The van der Waals surface area contributed by atoms with E-state index < -0.39 is 29.4 Å². The topological polar surface area (TPSA) is 97.7 Å². The molecule has 6 heteroatoms. The van der Waals surface area contributed by atoms with E-state index in [4.69, 9.17) is 4.74 Å². The van der Waals surface area contributed by atoms with Crippen molar-refractivity contribution in [3.05, 3.63) is 11.6 Å². The molecule has 0 aromatic carbocycles. The molecule has 0 radical (unpaired) electrons. The van der Waals surface area contributed by atoms with Crippen molar-refractivity contribution in [3.8, 4) is 0 Å². The van der Waals surface area contributed by atoms with Crippen molar-refractivity contribution >= 4 is 23.3 Å². The normalized spacial score (nSPS) is 43.7. The average Bonchev–Trinajstić information content (AvgIpc) is 2.91. The van der Waals surface area contributed by atoms with Crippen LogP contribution in [0.15, 0.2) is 11.6 Å². The van der Waals surface area contributed by atoms with Gasteiger partial charge < -0.3 is 9.84 Å². The molecule has 3 saturated carbocycles. The van der Waals surface area contributed by atoms with Crippen LogP contribution in [0.2, 0.25) is 0 Å². The number of fused-ring (bicyclic) bond motifs is 5. The van der Waals surface area contributed by atoms with E-state index in [1.54, 1.807) is 6.08 Å². The van der Waals surface area contributed by atoms with Crippen molar-refractivity contribution in [2.75, 3.05) is 6.61 Å². The van der Waals surface area contributed by atoms with E-state index >= 15 is 0 Å². The molecular weight excluding hydrogens is 372 g/mol. The monoisotopic (exact) mass is 402 g/mol. The summed E-state index contributed by atoms with van der Waals surface area (Å²) < 4.78 is 4.86. The summed E-state index contributed by atoms with van der Waals surface area (Å²) >= 11 is 0. The third-order valence-electron chi connectivity index (χ3n) is 8.67. The summed E-state index contributed by atoms with van der Waals surface area (Å²) in [5.41, 5.74) is -1.68. The largest absolute Gasteiger partial charge is 0.458 e. The summed E-state index contributed by atoms with van der Waals surface area (Å²) in [5.74, 6) is -0.811. The van der Waals surface area contributed by atoms with Gasteiger partial charge in [0.1, 0.15) is 11.4 Å². The van der Waals surface area contributed by atoms with E-state index in [0.717, 1.165) is 18.4 Å². The smallest absolute Gasteiger partial charge is 0.303 e. The summed E-state index contributed by atoms with van der Waals surface area (Å²) in [6, 6.07) is 0. The van der Waals surface area contributed by atoms with E-state index in [9.17, 15) is 24.3 Å². The molecule has 6 atom stereocenters. The lowest BCUT2D eigenvalue weighted by Crippen LogP contribution is -2.61. The quantitative estimate of drug-likeness (QED) is 0.729. The minimum atomic E-state index is -1.65. The molecule has 4 aliphatic rings. The third kappa shape index (κ3) is 2.78. The molecule has 1 N–H and O–H groups in total. The Morgan fingerprint density at radius 2 is 1.90 bits per heavy atom. The molecule has 0 spiro atoms. The maximum absolute atomic E-state index is 13.5. The van der Waals surface area contributed by atoms with E-state index in [2.05, 4.69) is 6.92 Å². The number of rotatable bonds is 3. The maximum Gasteiger partial charge on any atom is 0.303 e. The Kier molecular flexibility index (Phi) is 4.65. The highest BCUT2D eigenvalue weighted by molar-refractivity contribution is 5.95. The lowest BCUT2D eigenvalue weighted by atomic mass is 9.46. The van der Waals surface area contributed by atoms with Crippen LogP contribution in [0, 0.1) is 28.6 Å². The number of ether oxygens (including phenoxy) is 1. The Morgan fingerprint density at radius 3 is 2.59 bits per heavy atom. The minimum Gasteiger partial charge on any atom is -0.458 e. The fraction of sp³-hybridized carbons (Fsp3) is 0.739.